The van der Waals surface area contributed by atoms with Crippen molar-refractivity contribution in [1.82, 2.24) is 4.57 Å². The molecular formula is C51H38N2. The predicted octanol–water partition coefficient (Wildman–Crippen LogP) is 13.9. The molecule has 1 aliphatic carbocycles. The van der Waals surface area contributed by atoms with Crippen LogP contribution in [0.25, 0.3) is 60.9 Å². The van der Waals surface area contributed by atoms with E-state index in [1.807, 2.05) is 0 Å². The first kappa shape index (κ1) is 31.1. The number of nitrogens with zero attached hydrogens (tertiary/aromatic N) is 2. The summed E-state index contributed by atoms with van der Waals surface area (Å²) >= 11 is 0. The van der Waals surface area contributed by atoms with Gasteiger partial charge in [-0.05, 0) is 93.5 Å². The van der Waals surface area contributed by atoms with Crippen molar-refractivity contribution in [3.63, 3.8) is 0 Å². The Hall–Kier alpha value is -6.64. The third-order valence-electron chi connectivity index (χ3n) is 11.2. The van der Waals surface area contributed by atoms with Gasteiger partial charge in [-0.2, -0.15) is 0 Å². The number of aromatic nitrogens is 1. The molecule has 0 spiro atoms. The number of fused-ring (bicyclic) bond motifs is 6. The molecular weight excluding hydrogens is 641 g/mol. The van der Waals surface area contributed by atoms with E-state index in [0.29, 0.717) is 0 Å². The molecule has 1 heterocycles. The van der Waals surface area contributed by atoms with Gasteiger partial charge in [-0.1, -0.05) is 153 Å². The molecule has 0 N–H and O–H groups in total. The Bertz CT molecular complexity index is 2750. The van der Waals surface area contributed by atoms with Crippen LogP contribution >= 0.6 is 0 Å². The van der Waals surface area contributed by atoms with Crippen LogP contribution in [0.2, 0.25) is 0 Å². The van der Waals surface area contributed by atoms with Gasteiger partial charge in [0.05, 0.1) is 16.7 Å². The SMILES string of the molecule is CC1(C)c2ccccc2-c2ccc(N(c3ccc(-c4cccc(-n5c6ccccc6c6ccccc65)c4)cc3)c3ccccc3-c3ccccc3)cc21. The van der Waals surface area contributed by atoms with Crippen molar-refractivity contribution in [2.24, 2.45) is 0 Å². The zero-order chi connectivity index (χ0) is 35.5. The molecule has 0 unspecified atom stereocenters. The lowest BCUT2D eigenvalue weighted by Gasteiger charge is -2.30. The summed E-state index contributed by atoms with van der Waals surface area (Å²) in [4.78, 5) is 2.43. The average Bonchev–Trinajstić information content (AvgIpc) is 3.67. The summed E-state index contributed by atoms with van der Waals surface area (Å²) < 4.78 is 2.39. The van der Waals surface area contributed by atoms with Crippen LogP contribution in [-0.4, -0.2) is 4.57 Å². The van der Waals surface area contributed by atoms with Crippen LogP contribution in [0, 0.1) is 0 Å². The molecule has 0 fully saturated rings. The first-order valence-corrected chi connectivity index (χ1v) is 18.4. The monoisotopic (exact) mass is 678 g/mol. The lowest BCUT2D eigenvalue weighted by molar-refractivity contribution is 0.660. The molecule has 1 aliphatic rings. The fourth-order valence-electron chi connectivity index (χ4n) is 8.62. The number of rotatable bonds is 6. The molecule has 0 saturated heterocycles. The van der Waals surface area contributed by atoms with Gasteiger partial charge in [0, 0.05) is 38.8 Å². The number of benzene rings is 8. The molecule has 0 saturated carbocycles. The highest BCUT2D eigenvalue weighted by Gasteiger charge is 2.35. The minimum Gasteiger partial charge on any atom is -0.310 e. The summed E-state index contributed by atoms with van der Waals surface area (Å²) in [5.74, 6) is 0. The number of para-hydroxylation sites is 3. The highest BCUT2D eigenvalue weighted by molar-refractivity contribution is 6.09. The van der Waals surface area contributed by atoms with Gasteiger partial charge in [0.15, 0.2) is 0 Å². The van der Waals surface area contributed by atoms with E-state index in [9.17, 15) is 0 Å². The van der Waals surface area contributed by atoms with Gasteiger partial charge in [-0.3, -0.25) is 0 Å². The molecule has 9 aromatic rings. The highest BCUT2D eigenvalue weighted by Crippen LogP contribution is 2.51. The van der Waals surface area contributed by atoms with E-state index in [2.05, 4.69) is 217 Å². The standard InChI is InChI=1S/C51H38N2/c1-51(2)46-23-10-6-20-42(46)43-32-31-40(34-47(43)51)52(48-24-11-7-19-41(48)36-15-4-3-5-16-36)38-29-27-35(28-30-38)37-17-14-18-39(33-37)53-49-25-12-8-21-44(49)45-22-9-13-26-50(45)53/h3-34H,1-2H3. The zero-order valence-electron chi connectivity index (χ0n) is 29.9. The second-order valence-electron chi connectivity index (χ2n) is 14.6. The van der Waals surface area contributed by atoms with Crippen LogP contribution in [0.5, 0.6) is 0 Å². The molecule has 53 heavy (non-hydrogen) atoms. The van der Waals surface area contributed by atoms with Crippen LogP contribution in [0.1, 0.15) is 25.0 Å². The normalized spacial score (nSPS) is 12.9. The Balaban J connectivity index is 1.10. The van der Waals surface area contributed by atoms with Crippen molar-refractivity contribution in [3.05, 3.63) is 205 Å². The third-order valence-corrected chi connectivity index (χ3v) is 11.2. The topological polar surface area (TPSA) is 8.17 Å². The zero-order valence-corrected chi connectivity index (χ0v) is 29.9. The van der Waals surface area contributed by atoms with Crippen LogP contribution in [0.3, 0.4) is 0 Å². The average molecular weight is 679 g/mol. The summed E-state index contributed by atoms with van der Waals surface area (Å²) in [5.41, 5.74) is 17.1. The van der Waals surface area contributed by atoms with E-state index in [4.69, 9.17) is 0 Å². The first-order chi connectivity index (χ1) is 26.1. The molecule has 2 nitrogen and oxygen atoms in total. The quantitative estimate of drug-likeness (QED) is 0.170. The third kappa shape index (κ3) is 5.02. The van der Waals surface area contributed by atoms with Crippen molar-refractivity contribution in [1.29, 1.82) is 0 Å². The van der Waals surface area contributed by atoms with Gasteiger partial charge >= 0.3 is 0 Å². The van der Waals surface area contributed by atoms with E-state index >= 15 is 0 Å². The minimum absolute atomic E-state index is 0.0994. The maximum atomic E-state index is 2.43. The second kappa shape index (κ2) is 12.3. The molecule has 0 bridgehead atoms. The number of hydrogen-bond donors (Lipinski definition) is 0. The summed E-state index contributed by atoms with van der Waals surface area (Å²) in [6.45, 7) is 4.71. The maximum absolute atomic E-state index is 2.43. The Morgan fingerprint density at radius 3 is 1.74 bits per heavy atom. The highest BCUT2D eigenvalue weighted by atomic mass is 15.1. The van der Waals surface area contributed by atoms with Crippen LogP contribution in [-0.2, 0) is 5.41 Å². The van der Waals surface area contributed by atoms with Gasteiger partial charge in [0.2, 0.25) is 0 Å². The van der Waals surface area contributed by atoms with Crippen molar-refractivity contribution in [3.8, 4) is 39.1 Å². The van der Waals surface area contributed by atoms with Gasteiger partial charge in [0.1, 0.15) is 0 Å². The molecule has 0 radical (unpaired) electrons. The van der Waals surface area contributed by atoms with Crippen LogP contribution in [0.15, 0.2) is 194 Å². The minimum atomic E-state index is -0.0994. The van der Waals surface area contributed by atoms with Crippen molar-refractivity contribution in [2.75, 3.05) is 4.90 Å². The molecule has 0 atom stereocenters. The fraction of sp³-hybridized carbons (Fsp3) is 0.0588. The Morgan fingerprint density at radius 2 is 0.981 bits per heavy atom. The first-order valence-electron chi connectivity index (χ1n) is 18.4. The largest absolute Gasteiger partial charge is 0.310 e. The smallest absolute Gasteiger partial charge is 0.0541 e. The number of hydrogen-bond acceptors (Lipinski definition) is 1. The van der Waals surface area contributed by atoms with Gasteiger partial charge in [-0.25, -0.2) is 0 Å². The summed E-state index contributed by atoms with van der Waals surface area (Å²) in [6, 6.07) is 70.8. The number of anilines is 3. The van der Waals surface area contributed by atoms with Crippen molar-refractivity contribution in [2.45, 2.75) is 19.3 Å². The van der Waals surface area contributed by atoms with Crippen LogP contribution < -0.4 is 4.90 Å². The lowest BCUT2D eigenvalue weighted by Crippen LogP contribution is -2.16. The van der Waals surface area contributed by atoms with Crippen molar-refractivity contribution >= 4 is 38.9 Å². The van der Waals surface area contributed by atoms with Gasteiger partial charge in [0.25, 0.3) is 0 Å². The van der Waals surface area contributed by atoms with E-state index in [1.54, 1.807) is 0 Å². The van der Waals surface area contributed by atoms with E-state index in [-0.39, 0.29) is 5.41 Å². The fourth-order valence-corrected chi connectivity index (χ4v) is 8.62. The Kier molecular flexibility index (Phi) is 7.19. The van der Waals surface area contributed by atoms with E-state index in [0.717, 1.165) is 22.7 Å². The Labute approximate surface area is 310 Å². The summed E-state index contributed by atoms with van der Waals surface area (Å²) in [7, 11) is 0. The van der Waals surface area contributed by atoms with Crippen LogP contribution in [0.4, 0.5) is 17.1 Å². The second-order valence-corrected chi connectivity index (χ2v) is 14.6. The maximum Gasteiger partial charge on any atom is 0.0541 e. The molecule has 2 heteroatoms. The molecule has 0 aliphatic heterocycles. The molecule has 252 valence electrons. The Morgan fingerprint density at radius 1 is 0.396 bits per heavy atom. The predicted molar refractivity (Wildman–Crippen MR) is 224 cm³/mol. The van der Waals surface area contributed by atoms with Gasteiger partial charge < -0.3 is 9.47 Å². The van der Waals surface area contributed by atoms with E-state index in [1.165, 1.54) is 66.3 Å². The van der Waals surface area contributed by atoms with E-state index < -0.39 is 0 Å². The molecule has 10 rings (SSSR count). The molecule has 0 amide bonds. The summed E-state index contributed by atoms with van der Waals surface area (Å²) in [5, 5.41) is 2.54. The van der Waals surface area contributed by atoms with Gasteiger partial charge in [-0.15, -0.1) is 0 Å². The lowest BCUT2D eigenvalue weighted by atomic mass is 9.82. The van der Waals surface area contributed by atoms with Crippen molar-refractivity contribution < 1.29 is 0 Å². The molecule has 1 aromatic heterocycles. The summed E-state index contributed by atoms with van der Waals surface area (Å²) in [6.07, 6.45) is 0. The molecule has 8 aromatic carbocycles.